The molecule has 7 heteroatoms. The number of nitrogens with one attached hydrogen (secondary N) is 2. The standard InChI is InChI=1S/C24H22FN3O2S/c1-2-16-6-3-4-9-21(16)27-24(30)26-19-8-5-7-17(14-19)23-28(22(29)15-31-23)20-12-10-18(25)11-13-20/h3-14,23H,2,15H2,1H3,(H2,26,27,30). The minimum absolute atomic E-state index is 0.0334. The normalized spacial score (nSPS) is 15.7. The Kier molecular flexibility index (Phi) is 6.23. The van der Waals surface area contributed by atoms with Crippen LogP contribution < -0.4 is 15.5 Å². The minimum Gasteiger partial charge on any atom is -0.308 e. The van der Waals surface area contributed by atoms with Crippen molar-refractivity contribution >= 4 is 40.8 Å². The van der Waals surface area contributed by atoms with Gasteiger partial charge in [-0.15, -0.1) is 11.8 Å². The lowest BCUT2D eigenvalue weighted by molar-refractivity contribution is -0.115. The number of nitrogens with zero attached hydrogens (tertiary/aromatic N) is 1. The number of benzene rings is 3. The van der Waals surface area contributed by atoms with E-state index in [9.17, 15) is 14.0 Å². The van der Waals surface area contributed by atoms with Crippen molar-refractivity contribution in [1.82, 2.24) is 0 Å². The van der Waals surface area contributed by atoms with Gasteiger partial charge in [0, 0.05) is 17.1 Å². The monoisotopic (exact) mass is 435 g/mol. The molecule has 0 spiro atoms. The van der Waals surface area contributed by atoms with Gasteiger partial charge in [0.05, 0.1) is 5.75 Å². The van der Waals surface area contributed by atoms with Gasteiger partial charge >= 0.3 is 6.03 Å². The molecule has 1 aliphatic rings. The van der Waals surface area contributed by atoms with Crippen molar-refractivity contribution in [3.05, 3.63) is 89.7 Å². The summed E-state index contributed by atoms with van der Waals surface area (Å²) in [6.07, 6.45) is 0.818. The molecule has 1 heterocycles. The molecule has 5 nitrogen and oxygen atoms in total. The molecule has 31 heavy (non-hydrogen) atoms. The molecule has 3 aromatic carbocycles. The number of para-hydroxylation sites is 1. The molecule has 3 aromatic rings. The van der Waals surface area contributed by atoms with E-state index in [1.54, 1.807) is 23.1 Å². The number of rotatable bonds is 5. The van der Waals surface area contributed by atoms with E-state index in [4.69, 9.17) is 0 Å². The molecule has 158 valence electrons. The largest absolute Gasteiger partial charge is 0.323 e. The summed E-state index contributed by atoms with van der Waals surface area (Å²) in [4.78, 5) is 26.7. The molecule has 1 aliphatic heterocycles. The number of aryl methyl sites for hydroxylation is 1. The van der Waals surface area contributed by atoms with E-state index < -0.39 is 0 Å². The second-order valence-corrected chi connectivity index (χ2v) is 8.19. The Morgan fingerprint density at radius 2 is 1.84 bits per heavy atom. The summed E-state index contributed by atoms with van der Waals surface area (Å²) in [5, 5.41) is 5.51. The molecular formula is C24H22FN3O2S. The van der Waals surface area contributed by atoms with Crippen molar-refractivity contribution in [2.24, 2.45) is 0 Å². The van der Waals surface area contributed by atoms with Gasteiger partial charge in [0.2, 0.25) is 5.91 Å². The van der Waals surface area contributed by atoms with Crippen molar-refractivity contribution in [2.45, 2.75) is 18.7 Å². The van der Waals surface area contributed by atoms with Gasteiger partial charge in [0.15, 0.2) is 0 Å². The fourth-order valence-electron chi connectivity index (χ4n) is 3.56. The Hall–Kier alpha value is -3.32. The molecule has 0 radical (unpaired) electrons. The fourth-order valence-corrected chi connectivity index (χ4v) is 4.72. The highest BCUT2D eigenvalue weighted by molar-refractivity contribution is 8.00. The molecule has 0 aliphatic carbocycles. The number of urea groups is 1. The van der Waals surface area contributed by atoms with Gasteiger partial charge in [-0.1, -0.05) is 37.3 Å². The van der Waals surface area contributed by atoms with Gasteiger partial charge in [-0.2, -0.15) is 0 Å². The Morgan fingerprint density at radius 3 is 2.61 bits per heavy atom. The van der Waals surface area contributed by atoms with Crippen LogP contribution in [-0.2, 0) is 11.2 Å². The van der Waals surface area contributed by atoms with Crippen LogP contribution in [0.3, 0.4) is 0 Å². The predicted molar refractivity (Wildman–Crippen MR) is 124 cm³/mol. The summed E-state index contributed by atoms with van der Waals surface area (Å²) in [5.74, 6) is -0.0381. The van der Waals surface area contributed by atoms with E-state index in [2.05, 4.69) is 10.6 Å². The third kappa shape index (κ3) is 4.72. The van der Waals surface area contributed by atoms with Crippen LogP contribution in [-0.4, -0.2) is 17.7 Å². The van der Waals surface area contributed by atoms with Crippen LogP contribution in [0.4, 0.5) is 26.2 Å². The summed E-state index contributed by atoms with van der Waals surface area (Å²) < 4.78 is 13.3. The first-order valence-electron chi connectivity index (χ1n) is 10.00. The zero-order valence-corrected chi connectivity index (χ0v) is 17.8. The Morgan fingerprint density at radius 1 is 1.06 bits per heavy atom. The van der Waals surface area contributed by atoms with Crippen LogP contribution >= 0.6 is 11.8 Å². The van der Waals surface area contributed by atoms with Gasteiger partial charge in [-0.3, -0.25) is 9.69 Å². The Balaban J connectivity index is 1.51. The molecule has 0 bridgehead atoms. The maximum absolute atomic E-state index is 13.3. The second-order valence-electron chi connectivity index (χ2n) is 7.12. The summed E-state index contributed by atoms with van der Waals surface area (Å²) in [6.45, 7) is 2.04. The second kappa shape index (κ2) is 9.22. The lowest BCUT2D eigenvalue weighted by atomic mass is 10.1. The van der Waals surface area contributed by atoms with Crippen LogP contribution in [0.2, 0.25) is 0 Å². The first-order chi connectivity index (χ1) is 15.0. The third-order valence-corrected chi connectivity index (χ3v) is 6.26. The summed E-state index contributed by atoms with van der Waals surface area (Å²) in [7, 11) is 0. The van der Waals surface area contributed by atoms with Crippen LogP contribution in [0.15, 0.2) is 72.8 Å². The highest BCUT2D eigenvalue weighted by atomic mass is 32.2. The molecule has 2 N–H and O–H groups in total. The molecule has 0 aromatic heterocycles. The summed E-state index contributed by atoms with van der Waals surface area (Å²) >= 11 is 1.50. The number of hydrogen-bond donors (Lipinski definition) is 2. The van der Waals surface area contributed by atoms with Crippen molar-refractivity contribution < 1.29 is 14.0 Å². The van der Waals surface area contributed by atoms with Crippen LogP contribution in [0, 0.1) is 5.82 Å². The minimum atomic E-state index is -0.346. The quantitative estimate of drug-likeness (QED) is 0.532. The van der Waals surface area contributed by atoms with Gasteiger partial charge in [0.1, 0.15) is 11.2 Å². The number of carbonyl (C=O) groups excluding carboxylic acids is 2. The van der Waals surface area contributed by atoms with Gasteiger partial charge < -0.3 is 10.6 Å². The molecular weight excluding hydrogens is 413 g/mol. The maximum Gasteiger partial charge on any atom is 0.323 e. The van der Waals surface area contributed by atoms with Crippen molar-refractivity contribution in [1.29, 1.82) is 0 Å². The SMILES string of the molecule is CCc1ccccc1NC(=O)Nc1cccc(C2SCC(=O)N2c2ccc(F)cc2)c1. The number of carbonyl (C=O) groups is 2. The van der Waals surface area contributed by atoms with Crippen molar-refractivity contribution in [3.8, 4) is 0 Å². The highest BCUT2D eigenvalue weighted by Gasteiger charge is 2.34. The number of halogens is 1. The number of hydrogen-bond acceptors (Lipinski definition) is 3. The number of anilines is 3. The molecule has 1 fully saturated rings. The topological polar surface area (TPSA) is 61.4 Å². The van der Waals surface area contributed by atoms with E-state index in [1.807, 2.05) is 49.4 Å². The average molecular weight is 436 g/mol. The molecule has 3 amide bonds. The molecule has 1 saturated heterocycles. The molecule has 1 atom stereocenters. The highest BCUT2D eigenvalue weighted by Crippen LogP contribution is 2.42. The number of thioether (sulfide) groups is 1. The Bertz CT molecular complexity index is 1100. The van der Waals surface area contributed by atoms with E-state index in [0.29, 0.717) is 17.1 Å². The van der Waals surface area contributed by atoms with Crippen molar-refractivity contribution in [3.63, 3.8) is 0 Å². The molecule has 4 rings (SSSR count). The lowest BCUT2D eigenvalue weighted by Crippen LogP contribution is -2.28. The van der Waals surface area contributed by atoms with Gasteiger partial charge in [-0.05, 0) is 60.0 Å². The smallest absolute Gasteiger partial charge is 0.308 e. The Labute approximate surface area is 184 Å². The molecule has 1 unspecified atom stereocenters. The van der Waals surface area contributed by atoms with Crippen molar-refractivity contribution in [2.75, 3.05) is 21.3 Å². The number of amides is 3. The summed E-state index contributed by atoms with van der Waals surface area (Å²) in [5.41, 5.74) is 3.99. The molecule has 0 saturated carbocycles. The van der Waals surface area contributed by atoms with E-state index in [-0.39, 0.29) is 23.1 Å². The first-order valence-corrected chi connectivity index (χ1v) is 11.0. The zero-order valence-electron chi connectivity index (χ0n) is 17.0. The van der Waals surface area contributed by atoms with E-state index in [0.717, 1.165) is 23.2 Å². The predicted octanol–water partition coefficient (Wildman–Crippen LogP) is 5.81. The third-order valence-electron chi connectivity index (χ3n) is 5.05. The van der Waals surface area contributed by atoms with Gasteiger partial charge in [0.25, 0.3) is 0 Å². The zero-order chi connectivity index (χ0) is 21.8. The fraction of sp³-hybridized carbons (Fsp3) is 0.167. The van der Waals surface area contributed by atoms with Gasteiger partial charge in [-0.25, -0.2) is 9.18 Å². The average Bonchev–Trinajstić information content (AvgIpc) is 3.16. The first kappa shape index (κ1) is 20.9. The van der Waals surface area contributed by atoms with E-state index >= 15 is 0 Å². The van der Waals surface area contributed by atoms with Crippen LogP contribution in [0.25, 0.3) is 0 Å². The lowest BCUT2D eigenvalue weighted by Gasteiger charge is -2.24. The summed E-state index contributed by atoms with van der Waals surface area (Å²) in [6, 6.07) is 20.7. The van der Waals surface area contributed by atoms with Crippen LogP contribution in [0.5, 0.6) is 0 Å². The van der Waals surface area contributed by atoms with Crippen LogP contribution in [0.1, 0.15) is 23.4 Å². The maximum atomic E-state index is 13.3. The van der Waals surface area contributed by atoms with E-state index in [1.165, 1.54) is 23.9 Å².